The molecule has 0 saturated heterocycles. The van der Waals surface area contributed by atoms with Crippen molar-refractivity contribution in [3.05, 3.63) is 47.5 Å². The first kappa shape index (κ1) is 15.0. The molecule has 3 rings (SSSR count). The molecular weight excluding hydrogens is 338 g/mol. The van der Waals surface area contributed by atoms with Crippen molar-refractivity contribution >= 4 is 61.3 Å². The summed E-state index contributed by atoms with van der Waals surface area (Å²) >= 11 is 12.9. The summed E-state index contributed by atoms with van der Waals surface area (Å²) in [5.74, 6) is 0.763. The van der Waals surface area contributed by atoms with Gasteiger partial charge in [-0.3, -0.25) is 0 Å². The Kier molecular flexibility index (Phi) is 4.42. The highest BCUT2D eigenvalue weighted by atomic mass is 35.5. The normalized spacial score (nSPS) is 10.5. The maximum atomic E-state index is 6.12. The Balaban J connectivity index is 1.74. The van der Waals surface area contributed by atoms with Gasteiger partial charge in [0.15, 0.2) is 10.2 Å². The average molecular weight is 350 g/mol. The topological polar surface area (TPSA) is 46.2 Å². The minimum atomic E-state index is 0.462. The molecule has 4 nitrogen and oxygen atoms in total. The lowest BCUT2D eigenvalue weighted by Gasteiger charge is -2.09. The van der Waals surface area contributed by atoms with Gasteiger partial charge < -0.3 is 15.4 Å². The monoisotopic (exact) mass is 349 g/mol. The van der Waals surface area contributed by atoms with Crippen molar-refractivity contribution in [1.29, 1.82) is 0 Å². The molecule has 2 aromatic carbocycles. The summed E-state index contributed by atoms with van der Waals surface area (Å²) < 4.78 is 6.19. The van der Waals surface area contributed by atoms with Crippen molar-refractivity contribution < 1.29 is 4.74 Å². The fraction of sp³-hybridized carbons (Fsp3) is 0.0667. The van der Waals surface area contributed by atoms with E-state index < -0.39 is 0 Å². The molecule has 0 aliphatic carbocycles. The minimum Gasteiger partial charge on any atom is -0.497 e. The number of para-hydroxylation sites is 1. The van der Waals surface area contributed by atoms with Gasteiger partial charge in [-0.05, 0) is 36.5 Å². The predicted molar refractivity (Wildman–Crippen MR) is 97.5 cm³/mol. The van der Waals surface area contributed by atoms with Crippen molar-refractivity contribution in [3.8, 4) is 5.75 Å². The molecule has 22 heavy (non-hydrogen) atoms. The highest BCUT2D eigenvalue weighted by Crippen LogP contribution is 2.30. The van der Waals surface area contributed by atoms with Gasteiger partial charge >= 0.3 is 0 Å². The minimum absolute atomic E-state index is 0.462. The van der Waals surface area contributed by atoms with Crippen LogP contribution in [0.25, 0.3) is 10.2 Å². The Bertz CT molecular complexity index is 835. The number of anilines is 2. The molecule has 1 aromatic heterocycles. The van der Waals surface area contributed by atoms with E-state index >= 15 is 0 Å². The number of aromatic nitrogens is 1. The van der Waals surface area contributed by atoms with Gasteiger partial charge in [0.05, 0.1) is 16.8 Å². The van der Waals surface area contributed by atoms with E-state index in [1.165, 1.54) is 11.3 Å². The van der Waals surface area contributed by atoms with Gasteiger partial charge in [-0.1, -0.05) is 35.1 Å². The first-order chi connectivity index (χ1) is 10.7. The highest BCUT2D eigenvalue weighted by Gasteiger charge is 2.08. The van der Waals surface area contributed by atoms with Crippen molar-refractivity contribution in [2.75, 3.05) is 17.7 Å². The first-order valence-corrected chi connectivity index (χ1v) is 8.03. The number of hydrogen-bond donors (Lipinski definition) is 2. The number of halogens is 1. The molecule has 0 bridgehead atoms. The van der Waals surface area contributed by atoms with Crippen LogP contribution in [-0.2, 0) is 0 Å². The summed E-state index contributed by atoms with van der Waals surface area (Å²) in [5.41, 5.74) is 1.62. The van der Waals surface area contributed by atoms with Crippen LogP contribution in [0.4, 0.5) is 10.8 Å². The number of benzene rings is 2. The molecule has 0 aliphatic heterocycles. The van der Waals surface area contributed by atoms with Crippen molar-refractivity contribution in [2.24, 2.45) is 0 Å². The average Bonchev–Trinajstić information content (AvgIpc) is 2.91. The number of fused-ring (bicyclic) bond motifs is 1. The zero-order valence-corrected chi connectivity index (χ0v) is 14.0. The van der Waals surface area contributed by atoms with Crippen molar-refractivity contribution in [1.82, 2.24) is 4.98 Å². The van der Waals surface area contributed by atoms with Crippen LogP contribution in [0, 0.1) is 0 Å². The predicted octanol–water partition coefficient (Wildman–Crippen LogP) is 4.77. The Hall–Kier alpha value is -1.89. The van der Waals surface area contributed by atoms with Gasteiger partial charge in [0.25, 0.3) is 0 Å². The first-order valence-electron chi connectivity index (χ1n) is 6.43. The molecule has 112 valence electrons. The fourth-order valence-corrected chi connectivity index (χ4v) is 3.38. The summed E-state index contributed by atoms with van der Waals surface area (Å²) in [6.45, 7) is 0. The van der Waals surface area contributed by atoms with E-state index in [4.69, 9.17) is 28.6 Å². The second-order valence-electron chi connectivity index (χ2n) is 4.42. The highest BCUT2D eigenvalue weighted by molar-refractivity contribution is 7.80. The molecule has 3 aromatic rings. The van der Waals surface area contributed by atoms with E-state index in [9.17, 15) is 0 Å². The maximum Gasteiger partial charge on any atom is 0.190 e. The zero-order chi connectivity index (χ0) is 15.5. The lowest BCUT2D eigenvalue weighted by atomic mass is 10.3. The number of ether oxygens (including phenoxy) is 1. The Morgan fingerprint density at radius 1 is 1.23 bits per heavy atom. The SMILES string of the molecule is COc1cccc(NC(=S)Nc2nc3c(Cl)cccc3s2)c1. The summed E-state index contributed by atoms with van der Waals surface area (Å²) in [7, 11) is 1.63. The third kappa shape index (κ3) is 3.30. The van der Waals surface area contributed by atoms with E-state index in [2.05, 4.69) is 15.6 Å². The standard InChI is InChI=1S/C15H12ClN3OS2/c1-20-10-5-2-4-9(8-10)17-14(21)19-15-18-13-11(16)6-3-7-12(13)22-15/h2-8H,1H3,(H2,17,18,19,21). The van der Waals surface area contributed by atoms with Gasteiger partial charge in [0.1, 0.15) is 11.3 Å². The molecule has 0 aliphatic rings. The van der Waals surface area contributed by atoms with Gasteiger partial charge in [-0.2, -0.15) is 0 Å². The van der Waals surface area contributed by atoms with Crippen LogP contribution in [0.3, 0.4) is 0 Å². The summed E-state index contributed by atoms with van der Waals surface area (Å²) in [6.07, 6.45) is 0. The Morgan fingerprint density at radius 3 is 2.82 bits per heavy atom. The Morgan fingerprint density at radius 2 is 2.05 bits per heavy atom. The fourth-order valence-electron chi connectivity index (χ4n) is 1.93. The van der Waals surface area contributed by atoms with Crippen molar-refractivity contribution in [2.45, 2.75) is 0 Å². The van der Waals surface area contributed by atoms with E-state index in [1.54, 1.807) is 7.11 Å². The van der Waals surface area contributed by atoms with Crippen LogP contribution in [0.5, 0.6) is 5.75 Å². The van der Waals surface area contributed by atoms with E-state index in [1.807, 2.05) is 42.5 Å². The molecule has 2 N–H and O–H groups in total. The van der Waals surface area contributed by atoms with Gasteiger partial charge in [0, 0.05) is 11.8 Å². The number of hydrogen-bond acceptors (Lipinski definition) is 4. The molecule has 0 radical (unpaired) electrons. The van der Waals surface area contributed by atoms with Gasteiger partial charge in [-0.15, -0.1) is 0 Å². The number of rotatable bonds is 3. The lowest BCUT2D eigenvalue weighted by Crippen LogP contribution is -2.18. The number of thiazole rings is 1. The number of thiocarbonyl (C=S) groups is 1. The number of nitrogens with zero attached hydrogens (tertiary/aromatic N) is 1. The molecular formula is C15H12ClN3OS2. The summed E-state index contributed by atoms with van der Waals surface area (Å²) in [4.78, 5) is 4.45. The van der Waals surface area contributed by atoms with E-state index in [0.29, 0.717) is 15.3 Å². The third-order valence-electron chi connectivity index (χ3n) is 2.92. The summed E-state index contributed by atoms with van der Waals surface area (Å²) in [5, 5.41) is 7.96. The molecule has 1 heterocycles. The van der Waals surface area contributed by atoms with Crippen LogP contribution in [0.2, 0.25) is 5.02 Å². The maximum absolute atomic E-state index is 6.12. The van der Waals surface area contributed by atoms with Gasteiger partial charge in [0.2, 0.25) is 0 Å². The van der Waals surface area contributed by atoms with Crippen LogP contribution in [0.15, 0.2) is 42.5 Å². The molecule has 0 spiro atoms. The molecule has 0 atom stereocenters. The van der Waals surface area contributed by atoms with Crippen molar-refractivity contribution in [3.63, 3.8) is 0 Å². The van der Waals surface area contributed by atoms with Gasteiger partial charge in [-0.25, -0.2) is 4.98 Å². The van der Waals surface area contributed by atoms with Crippen LogP contribution >= 0.6 is 35.2 Å². The quantitative estimate of drug-likeness (QED) is 0.667. The van der Waals surface area contributed by atoms with Crippen LogP contribution in [0.1, 0.15) is 0 Å². The molecule has 0 unspecified atom stereocenters. The van der Waals surface area contributed by atoms with Crippen LogP contribution in [-0.4, -0.2) is 17.2 Å². The largest absolute Gasteiger partial charge is 0.497 e. The lowest BCUT2D eigenvalue weighted by molar-refractivity contribution is 0.415. The summed E-state index contributed by atoms with van der Waals surface area (Å²) in [6, 6.07) is 13.2. The second-order valence-corrected chi connectivity index (χ2v) is 6.26. The molecule has 0 fully saturated rings. The molecule has 0 saturated carbocycles. The Labute approximate surface area is 142 Å². The third-order valence-corrected chi connectivity index (χ3v) is 4.36. The smallest absolute Gasteiger partial charge is 0.190 e. The number of nitrogens with one attached hydrogen (secondary N) is 2. The second kappa shape index (κ2) is 6.48. The van der Waals surface area contributed by atoms with Crippen LogP contribution < -0.4 is 15.4 Å². The van der Waals surface area contributed by atoms with E-state index in [-0.39, 0.29) is 0 Å². The van der Waals surface area contributed by atoms with E-state index in [0.717, 1.165) is 21.7 Å². The molecule has 0 amide bonds. The zero-order valence-electron chi connectivity index (χ0n) is 11.6. The molecule has 7 heteroatoms. The number of methoxy groups -OCH3 is 1.